The van der Waals surface area contributed by atoms with Crippen LogP contribution in [0.25, 0.3) is 21.5 Å². The fourth-order valence-corrected chi connectivity index (χ4v) is 4.36. The highest BCUT2D eigenvalue weighted by atomic mass is 16.5. The van der Waals surface area contributed by atoms with Crippen molar-refractivity contribution >= 4 is 44.6 Å². The van der Waals surface area contributed by atoms with E-state index in [1.807, 2.05) is 80.6 Å². The fraction of sp³-hybridized carbons (Fsp3) is 0.121. The molecule has 200 valence electrons. The molecular weight excluding hydrogens is 500 g/mol. The van der Waals surface area contributed by atoms with Crippen LogP contribution in [-0.2, 0) is 0 Å². The van der Waals surface area contributed by atoms with Gasteiger partial charge in [0, 0.05) is 5.56 Å². The summed E-state index contributed by atoms with van der Waals surface area (Å²) in [5, 5.41) is 13.2. The van der Waals surface area contributed by atoms with Gasteiger partial charge in [0.25, 0.3) is 5.91 Å². The van der Waals surface area contributed by atoms with Gasteiger partial charge in [0.15, 0.2) is 0 Å². The maximum absolute atomic E-state index is 12.8. The summed E-state index contributed by atoms with van der Waals surface area (Å²) in [4.78, 5) is 12.8. The van der Waals surface area contributed by atoms with Gasteiger partial charge in [-0.05, 0) is 101 Å². The number of hydrogen-bond donors (Lipinski definition) is 2. The molecule has 7 nitrogen and oxygen atoms in total. The molecule has 0 heterocycles. The Kier molecular flexibility index (Phi) is 7.73. The Labute approximate surface area is 233 Å². The number of nitrogens with zero attached hydrogens (tertiary/aromatic N) is 2. The first-order valence-corrected chi connectivity index (χ1v) is 12.8. The molecule has 0 aromatic heterocycles. The Balaban J connectivity index is 1.25. The van der Waals surface area contributed by atoms with E-state index < -0.39 is 0 Å². The molecule has 1 amide bonds. The van der Waals surface area contributed by atoms with Gasteiger partial charge in [0.1, 0.15) is 11.5 Å². The quantitative estimate of drug-likeness (QED) is 0.167. The molecule has 5 aromatic rings. The lowest BCUT2D eigenvalue weighted by molar-refractivity contribution is 0.0955. The second-order valence-electron chi connectivity index (χ2n) is 9.38. The van der Waals surface area contributed by atoms with Crippen LogP contribution in [0.4, 0.5) is 5.69 Å². The number of ether oxygens (including phenoxy) is 2. The smallest absolute Gasteiger partial charge is 0.271 e. The van der Waals surface area contributed by atoms with Crippen LogP contribution < -0.4 is 20.3 Å². The zero-order valence-corrected chi connectivity index (χ0v) is 22.9. The van der Waals surface area contributed by atoms with Crippen LogP contribution in [0.5, 0.6) is 11.5 Å². The number of hydrogen-bond acceptors (Lipinski definition) is 6. The molecular formula is C33H30N4O3. The minimum Gasteiger partial charge on any atom is -0.497 e. The van der Waals surface area contributed by atoms with Gasteiger partial charge < -0.3 is 9.47 Å². The second-order valence-corrected chi connectivity index (χ2v) is 9.38. The minimum absolute atomic E-state index is 0.306. The van der Waals surface area contributed by atoms with E-state index in [-0.39, 0.29) is 5.91 Å². The number of methoxy groups -OCH3 is 2. The summed E-state index contributed by atoms with van der Waals surface area (Å²) in [6.07, 6.45) is 0. The molecule has 7 heteroatoms. The van der Waals surface area contributed by atoms with Gasteiger partial charge in [0.2, 0.25) is 0 Å². The molecule has 0 aliphatic rings. The van der Waals surface area contributed by atoms with E-state index in [0.29, 0.717) is 17.0 Å². The summed E-state index contributed by atoms with van der Waals surface area (Å²) in [7, 11) is 3.31. The number of amides is 1. The van der Waals surface area contributed by atoms with Crippen LogP contribution in [0.15, 0.2) is 107 Å². The van der Waals surface area contributed by atoms with Crippen molar-refractivity contribution in [3.63, 3.8) is 0 Å². The highest BCUT2D eigenvalue weighted by Crippen LogP contribution is 2.23. The van der Waals surface area contributed by atoms with E-state index in [0.717, 1.165) is 49.9 Å². The van der Waals surface area contributed by atoms with Gasteiger partial charge in [-0.15, -0.1) is 0 Å². The molecule has 0 bridgehead atoms. The van der Waals surface area contributed by atoms with Crippen LogP contribution in [0, 0.1) is 0 Å². The Bertz CT molecular complexity index is 1780. The second kappa shape index (κ2) is 11.7. The standard InChI is InChI=1S/C33H30N4O3/c1-21(23-8-10-27-19-31(39-3)14-12-25(27)16-23)34-36-30-7-5-6-29(18-30)33(38)37-35-22(2)24-9-11-28-20-32(40-4)15-13-26(28)17-24/h5-20,36H,1-4H3,(H,37,38)/b34-21+,35-22+. The Morgan fingerprint density at radius 3 is 1.70 bits per heavy atom. The highest BCUT2D eigenvalue weighted by Gasteiger charge is 2.08. The summed E-state index contributed by atoms with van der Waals surface area (Å²) in [5.74, 6) is 1.33. The van der Waals surface area contributed by atoms with Crippen LogP contribution in [-0.4, -0.2) is 31.6 Å². The van der Waals surface area contributed by atoms with E-state index >= 15 is 0 Å². The van der Waals surface area contributed by atoms with Crippen LogP contribution in [0.2, 0.25) is 0 Å². The van der Waals surface area contributed by atoms with E-state index in [1.165, 1.54) is 0 Å². The van der Waals surface area contributed by atoms with Crippen molar-refractivity contribution in [2.24, 2.45) is 10.2 Å². The fourth-order valence-electron chi connectivity index (χ4n) is 4.36. The molecule has 0 aliphatic heterocycles. The lowest BCUT2D eigenvalue weighted by atomic mass is 10.0. The largest absolute Gasteiger partial charge is 0.497 e. The van der Waals surface area contributed by atoms with Crippen molar-refractivity contribution in [2.45, 2.75) is 13.8 Å². The van der Waals surface area contributed by atoms with Gasteiger partial charge >= 0.3 is 0 Å². The van der Waals surface area contributed by atoms with Crippen molar-refractivity contribution < 1.29 is 14.3 Å². The highest BCUT2D eigenvalue weighted by molar-refractivity contribution is 6.04. The molecule has 0 fully saturated rings. The molecule has 0 atom stereocenters. The average molecular weight is 531 g/mol. The normalized spacial score (nSPS) is 11.9. The zero-order valence-electron chi connectivity index (χ0n) is 22.9. The summed E-state index contributed by atoms with van der Waals surface area (Å²) < 4.78 is 10.6. The summed E-state index contributed by atoms with van der Waals surface area (Å²) in [5.41, 5.74) is 10.3. The molecule has 0 saturated carbocycles. The number of carbonyl (C=O) groups is 1. The number of nitrogens with one attached hydrogen (secondary N) is 2. The summed E-state index contributed by atoms with van der Waals surface area (Å²) in [6, 6.07) is 31.2. The minimum atomic E-state index is -0.306. The molecule has 0 spiro atoms. The zero-order chi connectivity index (χ0) is 28.1. The van der Waals surface area contributed by atoms with Gasteiger partial charge in [-0.3, -0.25) is 10.2 Å². The predicted octanol–water partition coefficient (Wildman–Crippen LogP) is 7.00. The average Bonchev–Trinajstić information content (AvgIpc) is 3.01. The lowest BCUT2D eigenvalue weighted by Gasteiger charge is -2.08. The molecule has 40 heavy (non-hydrogen) atoms. The Morgan fingerprint density at radius 1 is 0.600 bits per heavy atom. The third-order valence-electron chi connectivity index (χ3n) is 6.73. The van der Waals surface area contributed by atoms with Crippen molar-refractivity contribution in [3.05, 3.63) is 114 Å². The number of benzene rings is 5. The summed E-state index contributed by atoms with van der Waals surface area (Å²) in [6.45, 7) is 3.80. The maximum Gasteiger partial charge on any atom is 0.271 e. The van der Waals surface area contributed by atoms with Crippen molar-refractivity contribution in [2.75, 3.05) is 19.6 Å². The molecule has 5 rings (SSSR count). The molecule has 0 aliphatic carbocycles. The first-order chi connectivity index (χ1) is 19.4. The van der Waals surface area contributed by atoms with Crippen molar-refractivity contribution in [3.8, 4) is 11.5 Å². The molecule has 2 N–H and O–H groups in total. The van der Waals surface area contributed by atoms with Gasteiger partial charge in [-0.25, -0.2) is 5.43 Å². The van der Waals surface area contributed by atoms with E-state index in [9.17, 15) is 4.79 Å². The number of carbonyl (C=O) groups excluding carboxylic acids is 1. The van der Waals surface area contributed by atoms with E-state index in [4.69, 9.17) is 9.47 Å². The van der Waals surface area contributed by atoms with Gasteiger partial charge in [0.05, 0.1) is 31.3 Å². The topological polar surface area (TPSA) is 84.3 Å². The number of rotatable bonds is 8. The Hall–Kier alpha value is -5.17. The molecule has 0 radical (unpaired) electrons. The summed E-state index contributed by atoms with van der Waals surface area (Å²) >= 11 is 0. The van der Waals surface area contributed by atoms with Crippen LogP contribution in [0.1, 0.15) is 35.3 Å². The van der Waals surface area contributed by atoms with E-state index in [2.05, 4.69) is 33.2 Å². The predicted molar refractivity (Wildman–Crippen MR) is 163 cm³/mol. The monoisotopic (exact) mass is 530 g/mol. The van der Waals surface area contributed by atoms with Crippen LogP contribution >= 0.6 is 0 Å². The third-order valence-corrected chi connectivity index (χ3v) is 6.73. The molecule has 0 unspecified atom stereocenters. The number of hydrazone groups is 2. The van der Waals surface area contributed by atoms with Crippen LogP contribution in [0.3, 0.4) is 0 Å². The Morgan fingerprint density at radius 2 is 1.12 bits per heavy atom. The van der Waals surface area contributed by atoms with E-state index in [1.54, 1.807) is 32.4 Å². The van der Waals surface area contributed by atoms with Gasteiger partial charge in [-0.1, -0.05) is 42.5 Å². The first-order valence-electron chi connectivity index (χ1n) is 12.8. The third kappa shape index (κ3) is 5.94. The maximum atomic E-state index is 12.8. The molecule has 5 aromatic carbocycles. The number of anilines is 1. The van der Waals surface area contributed by atoms with Gasteiger partial charge in [-0.2, -0.15) is 10.2 Å². The lowest BCUT2D eigenvalue weighted by Crippen LogP contribution is -2.19. The first kappa shape index (κ1) is 26.4. The molecule has 0 saturated heterocycles. The van der Waals surface area contributed by atoms with Crippen molar-refractivity contribution in [1.82, 2.24) is 5.43 Å². The van der Waals surface area contributed by atoms with Crippen molar-refractivity contribution in [1.29, 1.82) is 0 Å². The SMILES string of the molecule is COc1ccc2cc(/C(C)=N/NC(=O)c3cccc(N/N=C(\C)c4ccc5cc(OC)ccc5c4)c3)ccc2c1. The number of fused-ring (bicyclic) bond motifs is 2.